The smallest absolute Gasteiger partial charge is 0.0728 e. The fourth-order valence-corrected chi connectivity index (χ4v) is 2.57. The van der Waals surface area contributed by atoms with Gasteiger partial charge in [0, 0.05) is 18.5 Å². The molecule has 0 aromatic carbocycles. The van der Waals surface area contributed by atoms with E-state index in [1.165, 1.54) is 12.1 Å². The molecular formula is C11H20N4. The van der Waals surface area contributed by atoms with Crippen molar-refractivity contribution >= 4 is 0 Å². The normalized spacial score (nSPS) is 31.8. The van der Waals surface area contributed by atoms with Gasteiger partial charge in [0.15, 0.2) is 0 Å². The molecule has 1 aliphatic rings. The number of nitrogens with two attached hydrogens (primary N) is 1. The van der Waals surface area contributed by atoms with Crippen molar-refractivity contribution in [3.05, 3.63) is 11.9 Å². The number of aromatic nitrogens is 3. The topological polar surface area (TPSA) is 56.7 Å². The lowest BCUT2D eigenvalue weighted by Crippen LogP contribution is -2.32. The molecule has 4 heteroatoms. The van der Waals surface area contributed by atoms with Crippen LogP contribution >= 0.6 is 0 Å². The van der Waals surface area contributed by atoms with Crippen LogP contribution < -0.4 is 5.73 Å². The van der Waals surface area contributed by atoms with Gasteiger partial charge in [-0.05, 0) is 32.1 Å². The van der Waals surface area contributed by atoms with Crippen LogP contribution in [0, 0.1) is 5.92 Å². The Kier molecular flexibility index (Phi) is 3.05. The monoisotopic (exact) mass is 208 g/mol. The summed E-state index contributed by atoms with van der Waals surface area (Å²) in [4.78, 5) is 0. The Labute approximate surface area is 90.8 Å². The van der Waals surface area contributed by atoms with E-state index in [-0.39, 0.29) is 0 Å². The van der Waals surface area contributed by atoms with Crippen molar-refractivity contribution < 1.29 is 0 Å². The fourth-order valence-electron chi connectivity index (χ4n) is 2.57. The molecule has 2 rings (SSSR count). The summed E-state index contributed by atoms with van der Waals surface area (Å²) in [6.07, 6.45) is 5.36. The lowest BCUT2D eigenvalue weighted by atomic mass is 9.76. The van der Waals surface area contributed by atoms with Crippen LogP contribution in [-0.4, -0.2) is 21.0 Å². The Morgan fingerprint density at radius 3 is 3.07 bits per heavy atom. The first-order valence-corrected chi connectivity index (χ1v) is 5.86. The Morgan fingerprint density at radius 2 is 2.33 bits per heavy atom. The van der Waals surface area contributed by atoms with Crippen LogP contribution in [0.4, 0.5) is 0 Å². The molecule has 3 unspecified atom stereocenters. The molecule has 0 saturated heterocycles. The van der Waals surface area contributed by atoms with E-state index >= 15 is 0 Å². The zero-order valence-corrected chi connectivity index (χ0v) is 9.56. The quantitative estimate of drug-likeness (QED) is 0.802. The van der Waals surface area contributed by atoms with E-state index < -0.39 is 0 Å². The van der Waals surface area contributed by atoms with Crippen LogP contribution in [0.3, 0.4) is 0 Å². The van der Waals surface area contributed by atoms with Crippen LogP contribution in [0.5, 0.6) is 0 Å². The van der Waals surface area contributed by atoms with Gasteiger partial charge in [0.05, 0.1) is 11.9 Å². The van der Waals surface area contributed by atoms with Crippen molar-refractivity contribution in [2.75, 3.05) is 0 Å². The van der Waals surface area contributed by atoms with Crippen molar-refractivity contribution in [2.45, 2.75) is 51.6 Å². The van der Waals surface area contributed by atoms with Crippen molar-refractivity contribution in [2.24, 2.45) is 11.7 Å². The SMILES string of the molecule is CCn1nncc1C1CC(N)CCC1C. The van der Waals surface area contributed by atoms with E-state index in [0.717, 1.165) is 19.4 Å². The first-order valence-electron chi connectivity index (χ1n) is 5.86. The van der Waals surface area contributed by atoms with E-state index in [0.29, 0.717) is 17.9 Å². The molecule has 0 radical (unpaired) electrons. The number of aryl methyl sites for hydroxylation is 1. The van der Waals surface area contributed by atoms with Gasteiger partial charge in [0.2, 0.25) is 0 Å². The Bertz CT molecular complexity index is 320. The van der Waals surface area contributed by atoms with Crippen LogP contribution in [0.15, 0.2) is 6.20 Å². The maximum atomic E-state index is 6.03. The molecule has 1 aromatic rings. The molecule has 1 saturated carbocycles. The van der Waals surface area contributed by atoms with Gasteiger partial charge in [-0.3, -0.25) is 0 Å². The van der Waals surface area contributed by atoms with E-state index in [1.807, 2.05) is 10.9 Å². The van der Waals surface area contributed by atoms with Crippen molar-refractivity contribution in [3.63, 3.8) is 0 Å². The highest BCUT2D eigenvalue weighted by atomic mass is 15.4. The van der Waals surface area contributed by atoms with Gasteiger partial charge >= 0.3 is 0 Å². The Morgan fingerprint density at radius 1 is 1.53 bits per heavy atom. The van der Waals surface area contributed by atoms with E-state index in [2.05, 4.69) is 24.2 Å². The lowest BCUT2D eigenvalue weighted by molar-refractivity contribution is 0.287. The largest absolute Gasteiger partial charge is 0.328 e. The molecule has 1 aromatic heterocycles. The minimum Gasteiger partial charge on any atom is -0.328 e. The summed E-state index contributed by atoms with van der Waals surface area (Å²) in [7, 11) is 0. The molecule has 0 spiro atoms. The summed E-state index contributed by atoms with van der Waals surface area (Å²) in [6, 6.07) is 0.353. The van der Waals surface area contributed by atoms with Gasteiger partial charge in [-0.1, -0.05) is 12.1 Å². The first-order chi connectivity index (χ1) is 7.22. The molecule has 0 amide bonds. The minimum absolute atomic E-state index is 0.353. The molecule has 0 aliphatic heterocycles. The molecule has 2 N–H and O–H groups in total. The van der Waals surface area contributed by atoms with Gasteiger partial charge < -0.3 is 5.73 Å². The molecule has 0 bridgehead atoms. The fraction of sp³-hybridized carbons (Fsp3) is 0.818. The second-order valence-corrected chi connectivity index (χ2v) is 4.63. The maximum Gasteiger partial charge on any atom is 0.0728 e. The summed E-state index contributed by atoms with van der Waals surface area (Å²) in [5.41, 5.74) is 7.30. The van der Waals surface area contributed by atoms with Gasteiger partial charge in [-0.25, -0.2) is 4.68 Å². The number of hydrogen-bond acceptors (Lipinski definition) is 3. The second-order valence-electron chi connectivity index (χ2n) is 4.63. The molecule has 1 heterocycles. The van der Waals surface area contributed by atoms with Crippen LogP contribution in [0.2, 0.25) is 0 Å². The van der Waals surface area contributed by atoms with Crippen LogP contribution in [0.25, 0.3) is 0 Å². The highest BCUT2D eigenvalue weighted by molar-refractivity contribution is 5.07. The van der Waals surface area contributed by atoms with Gasteiger partial charge in [-0.2, -0.15) is 0 Å². The summed E-state index contributed by atoms with van der Waals surface area (Å²) < 4.78 is 2.00. The van der Waals surface area contributed by atoms with E-state index in [9.17, 15) is 0 Å². The van der Waals surface area contributed by atoms with E-state index in [1.54, 1.807) is 0 Å². The van der Waals surface area contributed by atoms with Crippen molar-refractivity contribution in [1.82, 2.24) is 15.0 Å². The first kappa shape index (κ1) is 10.6. The highest BCUT2D eigenvalue weighted by Gasteiger charge is 2.29. The molecule has 4 nitrogen and oxygen atoms in total. The summed E-state index contributed by atoms with van der Waals surface area (Å²) in [5, 5.41) is 8.09. The molecule has 1 fully saturated rings. The molecular weight excluding hydrogens is 188 g/mol. The predicted molar refractivity (Wildman–Crippen MR) is 59.4 cm³/mol. The molecule has 84 valence electrons. The third kappa shape index (κ3) is 2.04. The number of nitrogens with zero attached hydrogens (tertiary/aromatic N) is 3. The second kappa shape index (κ2) is 4.31. The number of hydrogen-bond donors (Lipinski definition) is 1. The summed E-state index contributed by atoms with van der Waals surface area (Å²) >= 11 is 0. The van der Waals surface area contributed by atoms with E-state index in [4.69, 9.17) is 5.73 Å². The van der Waals surface area contributed by atoms with Crippen molar-refractivity contribution in [1.29, 1.82) is 0 Å². The molecule has 15 heavy (non-hydrogen) atoms. The Balaban J connectivity index is 2.20. The predicted octanol–water partition coefficient (Wildman–Crippen LogP) is 1.53. The molecule has 3 atom stereocenters. The summed E-state index contributed by atoms with van der Waals surface area (Å²) in [6.45, 7) is 5.31. The Hall–Kier alpha value is -0.900. The molecule has 1 aliphatic carbocycles. The van der Waals surface area contributed by atoms with Crippen molar-refractivity contribution in [3.8, 4) is 0 Å². The zero-order valence-electron chi connectivity index (χ0n) is 9.56. The minimum atomic E-state index is 0.353. The van der Waals surface area contributed by atoms with Gasteiger partial charge in [0.25, 0.3) is 0 Å². The average Bonchev–Trinajstić information content (AvgIpc) is 2.69. The third-order valence-corrected chi connectivity index (χ3v) is 3.56. The van der Waals surface area contributed by atoms with Crippen LogP contribution in [-0.2, 0) is 6.54 Å². The third-order valence-electron chi connectivity index (χ3n) is 3.56. The van der Waals surface area contributed by atoms with Gasteiger partial charge in [-0.15, -0.1) is 5.10 Å². The summed E-state index contributed by atoms with van der Waals surface area (Å²) in [5.74, 6) is 1.25. The number of rotatable bonds is 2. The zero-order chi connectivity index (χ0) is 10.8. The highest BCUT2D eigenvalue weighted by Crippen LogP contribution is 2.36. The average molecular weight is 208 g/mol. The van der Waals surface area contributed by atoms with Gasteiger partial charge in [0.1, 0.15) is 0 Å². The standard InChI is InChI=1S/C11H20N4/c1-3-15-11(7-13-14-15)10-6-9(12)5-4-8(10)2/h7-10H,3-6,12H2,1-2H3. The maximum absolute atomic E-state index is 6.03. The lowest BCUT2D eigenvalue weighted by Gasteiger charge is -2.32. The van der Waals surface area contributed by atoms with Crippen LogP contribution in [0.1, 0.15) is 44.7 Å².